The molecule has 1 aromatic heterocycles. The van der Waals surface area contributed by atoms with E-state index in [2.05, 4.69) is 20.3 Å². The quantitative estimate of drug-likeness (QED) is 0.285. The van der Waals surface area contributed by atoms with E-state index in [-0.39, 0.29) is 17.3 Å². The number of halogens is 1. The standard InChI is InChI=1S/C26H24FN7O3/c27-20-11-10-18(24(31-20)34-12-14-36-15-13-34)22(28)37-26(29)33-23-25(35)30-19-9-5-4-8-17(19)21(32-23)16-6-2-1-3-7-16/h1-11,23,28H,12-15H2,(H2,29,33)(H,30,35). The van der Waals surface area contributed by atoms with Crippen molar-refractivity contribution < 1.29 is 18.7 Å². The van der Waals surface area contributed by atoms with Crippen molar-refractivity contribution in [2.24, 2.45) is 15.7 Å². The van der Waals surface area contributed by atoms with E-state index < -0.39 is 24.0 Å². The molecule has 1 fully saturated rings. The lowest BCUT2D eigenvalue weighted by atomic mass is 10.0. The number of morpholine rings is 1. The number of aliphatic imine (C=N–C) groups is 2. The fourth-order valence-electron chi connectivity index (χ4n) is 4.09. The number of ether oxygens (including phenoxy) is 2. The highest BCUT2D eigenvalue weighted by atomic mass is 19.1. The van der Waals surface area contributed by atoms with Crippen LogP contribution in [0.5, 0.6) is 0 Å². The van der Waals surface area contributed by atoms with Gasteiger partial charge in [0.1, 0.15) is 5.82 Å². The van der Waals surface area contributed by atoms with Crippen molar-refractivity contribution in [3.05, 3.63) is 89.4 Å². The summed E-state index contributed by atoms with van der Waals surface area (Å²) in [5.74, 6) is -1.33. The molecule has 11 heteroatoms. The van der Waals surface area contributed by atoms with Crippen LogP contribution in [0.15, 0.2) is 76.7 Å². The van der Waals surface area contributed by atoms with Gasteiger partial charge < -0.3 is 25.4 Å². The lowest BCUT2D eigenvalue weighted by Crippen LogP contribution is -2.38. The van der Waals surface area contributed by atoms with E-state index in [9.17, 15) is 9.18 Å². The number of amidine groups is 1. The summed E-state index contributed by atoms with van der Waals surface area (Å²) in [5.41, 5.74) is 8.93. The Balaban J connectivity index is 1.44. The summed E-state index contributed by atoms with van der Waals surface area (Å²) >= 11 is 0. The number of rotatable bonds is 4. The summed E-state index contributed by atoms with van der Waals surface area (Å²) in [6, 6.07) is 18.8. The summed E-state index contributed by atoms with van der Waals surface area (Å²) in [5, 5.41) is 11.3. The molecule has 188 valence electrons. The van der Waals surface area contributed by atoms with Gasteiger partial charge in [-0.2, -0.15) is 9.38 Å². The number of carbonyl (C=O) groups excluding carboxylic acids is 1. The van der Waals surface area contributed by atoms with Crippen LogP contribution < -0.4 is 16.0 Å². The van der Waals surface area contributed by atoms with E-state index >= 15 is 0 Å². The third kappa shape index (κ3) is 5.31. The number of nitrogens with one attached hydrogen (secondary N) is 2. The van der Waals surface area contributed by atoms with Crippen molar-refractivity contribution in [1.82, 2.24) is 4.98 Å². The summed E-state index contributed by atoms with van der Waals surface area (Å²) in [6.45, 7) is 1.88. The van der Waals surface area contributed by atoms with Crippen LogP contribution in [-0.2, 0) is 14.3 Å². The van der Waals surface area contributed by atoms with Gasteiger partial charge in [-0.25, -0.2) is 9.98 Å². The maximum absolute atomic E-state index is 13.9. The molecule has 4 N–H and O–H groups in total. The maximum atomic E-state index is 13.9. The zero-order valence-corrected chi connectivity index (χ0v) is 19.7. The van der Waals surface area contributed by atoms with Crippen LogP contribution in [-0.4, -0.2) is 61.0 Å². The highest BCUT2D eigenvalue weighted by Gasteiger charge is 2.27. The molecule has 5 rings (SSSR count). The van der Waals surface area contributed by atoms with Gasteiger partial charge in [-0.05, 0) is 18.2 Å². The first-order chi connectivity index (χ1) is 18.0. The fraction of sp³-hybridized carbons (Fsp3) is 0.192. The molecule has 0 radical (unpaired) electrons. The first kappa shape index (κ1) is 24.1. The van der Waals surface area contributed by atoms with Crippen LogP contribution in [0.3, 0.4) is 0 Å². The average Bonchev–Trinajstić information content (AvgIpc) is 3.05. The Morgan fingerprint density at radius 1 is 1.11 bits per heavy atom. The van der Waals surface area contributed by atoms with E-state index in [1.54, 1.807) is 11.0 Å². The molecule has 3 heterocycles. The minimum absolute atomic E-state index is 0.229. The smallest absolute Gasteiger partial charge is 0.291 e. The topological polar surface area (TPSA) is 138 Å². The average molecular weight is 502 g/mol. The molecule has 2 aromatic carbocycles. The molecular formula is C26H24FN7O3. The van der Waals surface area contributed by atoms with Gasteiger partial charge in [-0.1, -0.05) is 48.5 Å². The predicted octanol–water partition coefficient (Wildman–Crippen LogP) is 2.53. The SMILES string of the molecule is N=C(O/C(N)=N/C1N=C(c2ccccc2)c2ccccc2NC1=O)c1ccc(F)nc1N1CCOCC1. The van der Waals surface area contributed by atoms with Gasteiger partial charge in [-0.3, -0.25) is 10.2 Å². The number of hydrogen-bond acceptors (Lipinski definition) is 8. The molecule has 0 bridgehead atoms. The van der Waals surface area contributed by atoms with E-state index in [0.29, 0.717) is 37.7 Å². The Labute approximate surface area is 212 Å². The van der Waals surface area contributed by atoms with Gasteiger partial charge in [0.15, 0.2) is 0 Å². The monoisotopic (exact) mass is 501 g/mol. The number of para-hydroxylation sites is 1. The van der Waals surface area contributed by atoms with Crippen LogP contribution in [0.4, 0.5) is 15.9 Å². The van der Waals surface area contributed by atoms with Crippen LogP contribution in [0.2, 0.25) is 0 Å². The molecule has 37 heavy (non-hydrogen) atoms. The summed E-state index contributed by atoms with van der Waals surface area (Å²) < 4.78 is 24.7. The Bertz CT molecular complexity index is 1390. The molecule has 1 saturated heterocycles. The number of fused-ring (bicyclic) bond motifs is 1. The molecular weight excluding hydrogens is 477 g/mol. The summed E-state index contributed by atoms with van der Waals surface area (Å²) in [7, 11) is 0. The third-order valence-corrected chi connectivity index (χ3v) is 5.83. The zero-order valence-electron chi connectivity index (χ0n) is 19.7. The number of pyridine rings is 1. The minimum atomic E-state index is -1.26. The highest BCUT2D eigenvalue weighted by Crippen LogP contribution is 2.25. The fourth-order valence-corrected chi connectivity index (χ4v) is 4.09. The molecule has 1 atom stereocenters. The largest absolute Gasteiger partial charge is 0.407 e. The Hall–Kier alpha value is -4.64. The van der Waals surface area contributed by atoms with Crippen LogP contribution in [0.1, 0.15) is 16.7 Å². The van der Waals surface area contributed by atoms with Gasteiger partial charge in [-0.15, -0.1) is 0 Å². The number of benzodiazepines with no additional fused rings is 1. The van der Waals surface area contributed by atoms with E-state index in [4.69, 9.17) is 20.6 Å². The molecule has 0 spiro atoms. The van der Waals surface area contributed by atoms with Crippen molar-refractivity contribution >= 4 is 35.0 Å². The second-order valence-corrected chi connectivity index (χ2v) is 8.26. The lowest BCUT2D eigenvalue weighted by molar-refractivity contribution is -0.117. The number of nitrogens with zero attached hydrogens (tertiary/aromatic N) is 4. The molecule has 2 aliphatic rings. The molecule has 0 saturated carbocycles. The van der Waals surface area contributed by atoms with Crippen molar-refractivity contribution in [3.63, 3.8) is 0 Å². The second kappa shape index (κ2) is 10.5. The first-order valence-corrected chi connectivity index (χ1v) is 11.6. The number of hydrogen-bond donors (Lipinski definition) is 3. The Kier molecular flexibility index (Phi) is 6.86. The van der Waals surface area contributed by atoms with Gasteiger partial charge in [0.2, 0.25) is 18.0 Å². The molecule has 3 aromatic rings. The van der Waals surface area contributed by atoms with E-state index in [1.807, 2.05) is 48.5 Å². The Morgan fingerprint density at radius 3 is 2.62 bits per heavy atom. The zero-order chi connectivity index (χ0) is 25.8. The number of aromatic nitrogens is 1. The number of carbonyl (C=O) groups is 1. The number of amides is 1. The minimum Gasteiger partial charge on any atom is -0.407 e. The Morgan fingerprint density at radius 2 is 1.84 bits per heavy atom. The van der Waals surface area contributed by atoms with Crippen molar-refractivity contribution in [3.8, 4) is 0 Å². The first-order valence-electron chi connectivity index (χ1n) is 11.6. The summed E-state index contributed by atoms with van der Waals surface area (Å²) in [4.78, 5) is 27.5. The number of anilines is 2. The van der Waals surface area contributed by atoms with Crippen LogP contribution in [0, 0.1) is 11.4 Å². The van der Waals surface area contributed by atoms with E-state index in [1.165, 1.54) is 6.07 Å². The van der Waals surface area contributed by atoms with Crippen molar-refractivity contribution in [2.75, 3.05) is 36.5 Å². The molecule has 1 amide bonds. The molecule has 10 nitrogen and oxygen atoms in total. The highest BCUT2D eigenvalue weighted by molar-refractivity contribution is 6.19. The lowest BCUT2D eigenvalue weighted by Gasteiger charge is -2.29. The van der Waals surface area contributed by atoms with Crippen molar-refractivity contribution in [2.45, 2.75) is 6.17 Å². The predicted molar refractivity (Wildman–Crippen MR) is 138 cm³/mol. The maximum Gasteiger partial charge on any atom is 0.291 e. The number of nitrogens with two attached hydrogens (primary N) is 1. The van der Waals surface area contributed by atoms with Crippen molar-refractivity contribution in [1.29, 1.82) is 5.41 Å². The molecule has 1 unspecified atom stereocenters. The third-order valence-electron chi connectivity index (χ3n) is 5.83. The van der Waals surface area contributed by atoms with Gasteiger partial charge >= 0.3 is 0 Å². The molecule has 0 aliphatic carbocycles. The van der Waals surface area contributed by atoms with Gasteiger partial charge in [0.25, 0.3) is 11.9 Å². The normalized spacial score (nSPS) is 17.8. The van der Waals surface area contributed by atoms with Gasteiger partial charge in [0.05, 0.1) is 30.2 Å². The molecule has 2 aliphatic heterocycles. The number of benzene rings is 2. The summed E-state index contributed by atoms with van der Waals surface area (Å²) in [6.07, 6.45) is -1.26. The second-order valence-electron chi connectivity index (χ2n) is 8.26. The van der Waals surface area contributed by atoms with Gasteiger partial charge in [0, 0.05) is 24.2 Å². The van der Waals surface area contributed by atoms with Crippen LogP contribution >= 0.6 is 0 Å². The van der Waals surface area contributed by atoms with Crippen LogP contribution in [0.25, 0.3) is 0 Å². The van der Waals surface area contributed by atoms with E-state index in [0.717, 1.165) is 17.2 Å².